The van der Waals surface area contributed by atoms with Crippen molar-refractivity contribution in [1.82, 2.24) is 0 Å². The van der Waals surface area contributed by atoms with Gasteiger partial charge in [0.25, 0.3) is 0 Å². The maximum atomic E-state index is 10.7. The minimum Gasteiger partial charge on any atom is -0.416 e. The smallest absolute Gasteiger partial charge is 0.195 e. The molecule has 1 aliphatic heterocycles. The van der Waals surface area contributed by atoms with Crippen molar-refractivity contribution in [2.45, 2.75) is 117 Å². The van der Waals surface area contributed by atoms with Crippen LogP contribution in [-0.4, -0.2) is 46.8 Å². The molecule has 1 heterocycles. The van der Waals surface area contributed by atoms with Gasteiger partial charge in [-0.15, -0.1) is 0 Å². The van der Waals surface area contributed by atoms with Gasteiger partial charge in [-0.25, -0.2) is 0 Å². The van der Waals surface area contributed by atoms with Gasteiger partial charge in [0.05, 0.1) is 12.2 Å². The zero-order valence-electron chi connectivity index (χ0n) is 20.0. The summed E-state index contributed by atoms with van der Waals surface area (Å²) in [6, 6.07) is 0. The molecule has 27 heavy (non-hydrogen) atoms. The Morgan fingerprint density at radius 2 is 1.48 bits per heavy atom. The zero-order chi connectivity index (χ0) is 21.4. The van der Waals surface area contributed by atoms with E-state index >= 15 is 0 Å². The van der Waals surface area contributed by atoms with E-state index in [9.17, 15) is 5.11 Å². The van der Waals surface area contributed by atoms with Crippen molar-refractivity contribution in [1.29, 1.82) is 0 Å². The molecule has 0 radical (unpaired) electrons. The molecule has 4 nitrogen and oxygen atoms in total. The quantitative estimate of drug-likeness (QED) is 0.556. The second-order valence-corrected chi connectivity index (χ2v) is 21.2. The number of hydrogen-bond donors (Lipinski definition) is 1. The molecule has 5 atom stereocenters. The molecule has 1 aliphatic rings. The average molecular weight is 419 g/mol. The van der Waals surface area contributed by atoms with E-state index in [1.165, 1.54) is 0 Å². The van der Waals surface area contributed by atoms with Gasteiger partial charge in [-0.1, -0.05) is 55.4 Å². The molecular formula is C21H46O4Si2. The summed E-state index contributed by atoms with van der Waals surface area (Å²) in [6.45, 7) is 27.4. The van der Waals surface area contributed by atoms with Gasteiger partial charge in [-0.05, 0) is 42.7 Å². The highest BCUT2D eigenvalue weighted by molar-refractivity contribution is 6.74. The monoisotopic (exact) mass is 418 g/mol. The van der Waals surface area contributed by atoms with E-state index < -0.39 is 22.7 Å². The molecule has 0 bridgehead atoms. The van der Waals surface area contributed by atoms with Crippen LogP contribution >= 0.6 is 0 Å². The minimum atomic E-state index is -1.92. The van der Waals surface area contributed by atoms with Crippen LogP contribution < -0.4 is 0 Å². The van der Waals surface area contributed by atoms with Crippen molar-refractivity contribution in [2.75, 3.05) is 6.61 Å². The van der Waals surface area contributed by atoms with Crippen LogP contribution in [0.2, 0.25) is 36.3 Å². The van der Waals surface area contributed by atoms with E-state index in [2.05, 4.69) is 81.6 Å². The lowest BCUT2D eigenvalue weighted by molar-refractivity contribution is -0.230. The fraction of sp³-hybridized carbons (Fsp3) is 1.00. The lowest BCUT2D eigenvalue weighted by Crippen LogP contribution is -2.54. The second kappa shape index (κ2) is 8.56. The van der Waals surface area contributed by atoms with Crippen LogP contribution in [0.15, 0.2) is 0 Å². The summed E-state index contributed by atoms with van der Waals surface area (Å²) in [5.41, 5.74) is 0. The van der Waals surface area contributed by atoms with Crippen LogP contribution in [0.4, 0.5) is 0 Å². The Kier molecular flexibility index (Phi) is 8.03. The summed E-state index contributed by atoms with van der Waals surface area (Å²) in [4.78, 5) is 0. The SMILES string of the molecule is C[C@H]1C[C@@H](O)[C@@H]([C@@H](C)CO[Si](C)(C)C(C)(C)C)O[C@@H]1O[Si](C)(C)C(C)(C)C. The van der Waals surface area contributed by atoms with Crippen LogP contribution in [0.1, 0.15) is 61.8 Å². The Balaban J connectivity index is 2.80. The van der Waals surface area contributed by atoms with Gasteiger partial charge in [0.2, 0.25) is 0 Å². The topological polar surface area (TPSA) is 47.9 Å². The second-order valence-electron chi connectivity index (χ2n) is 11.7. The van der Waals surface area contributed by atoms with Crippen molar-refractivity contribution in [2.24, 2.45) is 11.8 Å². The van der Waals surface area contributed by atoms with Crippen molar-refractivity contribution in [3.05, 3.63) is 0 Å². The summed E-state index contributed by atoms with van der Waals surface area (Å²) in [6.07, 6.45) is -0.221. The molecule has 0 saturated carbocycles. The first-order valence-corrected chi connectivity index (χ1v) is 16.4. The van der Waals surface area contributed by atoms with Crippen LogP contribution in [-0.2, 0) is 13.6 Å². The Bertz CT molecular complexity index is 480. The molecule has 0 aromatic carbocycles. The largest absolute Gasteiger partial charge is 0.416 e. The number of ether oxygens (including phenoxy) is 1. The molecule has 6 heteroatoms. The van der Waals surface area contributed by atoms with Crippen LogP contribution in [0, 0.1) is 11.8 Å². The van der Waals surface area contributed by atoms with E-state index in [4.69, 9.17) is 13.6 Å². The third-order valence-corrected chi connectivity index (χ3v) is 16.0. The van der Waals surface area contributed by atoms with Crippen molar-refractivity contribution in [3.63, 3.8) is 0 Å². The third-order valence-electron chi connectivity index (χ3n) is 7.04. The average Bonchev–Trinajstić information content (AvgIpc) is 2.45. The molecule has 0 aromatic heterocycles. The minimum absolute atomic E-state index is 0.132. The van der Waals surface area contributed by atoms with E-state index in [-0.39, 0.29) is 34.3 Å². The first-order chi connectivity index (χ1) is 11.9. The van der Waals surface area contributed by atoms with Gasteiger partial charge in [-0.3, -0.25) is 0 Å². The number of aliphatic hydroxyl groups excluding tert-OH is 1. The highest BCUT2D eigenvalue weighted by atomic mass is 28.4. The van der Waals surface area contributed by atoms with Crippen molar-refractivity contribution in [3.8, 4) is 0 Å². The molecule has 1 fully saturated rings. The first-order valence-electron chi connectivity index (χ1n) is 10.5. The van der Waals surface area contributed by atoms with Crippen molar-refractivity contribution < 1.29 is 18.7 Å². The fourth-order valence-corrected chi connectivity index (χ4v) is 5.12. The van der Waals surface area contributed by atoms with Gasteiger partial charge >= 0.3 is 0 Å². The Morgan fingerprint density at radius 1 is 1.00 bits per heavy atom. The maximum Gasteiger partial charge on any atom is 0.195 e. The molecule has 0 spiro atoms. The summed E-state index contributed by atoms with van der Waals surface area (Å²) in [5.74, 6) is 0.325. The van der Waals surface area contributed by atoms with Crippen LogP contribution in [0.5, 0.6) is 0 Å². The molecule has 0 unspecified atom stereocenters. The van der Waals surface area contributed by atoms with E-state index in [0.717, 1.165) is 0 Å². The van der Waals surface area contributed by atoms with Gasteiger partial charge in [0.15, 0.2) is 22.9 Å². The Morgan fingerprint density at radius 3 is 1.93 bits per heavy atom. The third kappa shape index (κ3) is 6.38. The Hall–Kier alpha value is 0.274. The summed E-state index contributed by atoms with van der Waals surface area (Å²) in [5, 5.41) is 11.0. The van der Waals surface area contributed by atoms with Gasteiger partial charge < -0.3 is 18.7 Å². The molecule has 0 aliphatic carbocycles. The molecular weight excluding hydrogens is 372 g/mol. The van der Waals surface area contributed by atoms with Crippen molar-refractivity contribution >= 4 is 16.6 Å². The predicted octanol–water partition coefficient (Wildman–Crippen LogP) is 5.78. The molecule has 1 rings (SSSR count). The van der Waals surface area contributed by atoms with Gasteiger partial charge in [-0.2, -0.15) is 0 Å². The van der Waals surface area contributed by atoms with Gasteiger partial charge in [0, 0.05) is 18.4 Å². The lowest BCUT2D eigenvalue weighted by atomic mass is 9.90. The predicted molar refractivity (Wildman–Crippen MR) is 119 cm³/mol. The molecule has 162 valence electrons. The zero-order valence-corrected chi connectivity index (χ0v) is 22.0. The molecule has 1 saturated heterocycles. The standard InChI is InChI=1S/C21H46O4Si2/c1-15-13-17(22)18(16(2)14-23-26(9,10)20(3,4)5)24-19(15)25-27(11,12)21(6,7)8/h15-19,22H,13-14H2,1-12H3/t15-,16-,17+,18+,19+/m0/s1. The maximum absolute atomic E-state index is 10.7. The van der Waals surface area contributed by atoms with Crippen LogP contribution in [0.3, 0.4) is 0 Å². The van der Waals surface area contributed by atoms with Gasteiger partial charge in [0.1, 0.15) is 0 Å². The molecule has 1 N–H and O–H groups in total. The van der Waals surface area contributed by atoms with Crippen LogP contribution in [0.25, 0.3) is 0 Å². The highest BCUT2D eigenvalue weighted by Gasteiger charge is 2.45. The highest BCUT2D eigenvalue weighted by Crippen LogP contribution is 2.41. The fourth-order valence-electron chi connectivity index (χ4n) is 2.78. The van der Waals surface area contributed by atoms with E-state index in [1.807, 2.05) is 0 Å². The lowest BCUT2D eigenvalue weighted by Gasteiger charge is -2.46. The normalized spacial score (nSPS) is 29.7. The molecule has 0 aromatic rings. The summed E-state index contributed by atoms with van der Waals surface area (Å²) < 4.78 is 19.3. The molecule has 0 amide bonds. The number of aliphatic hydroxyl groups is 1. The van der Waals surface area contributed by atoms with E-state index in [1.54, 1.807) is 0 Å². The number of hydrogen-bond acceptors (Lipinski definition) is 4. The first kappa shape index (κ1) is 25.3. The summed E-state index contributed by atoms with van der Waals surface area (Å²) in [7, 11) is -3.73. The Labute approximate surface area is 170 Å². The van der Waals surface area contributed by atoms with E-state index in [0.29, 0.717) is 13.0 Å². The number of rotatable bonds is 6. The summed E-state index contributed by atoms with van der Waals surface area (Å²) >= 11 is 0.